The summed E-state index contributed by atoms with van der Waals surface area (Å²) in [6.07, 6.45) is 1.65. The summed E-state index contributed by atoms with van der Waals surface area (Å²) >= 11 is 0. The van der Waals surface area contributed by atoms with Crippen molar-refractivity contribution in [3.05, 3.63) is 47.3 Å². The van der Waals surface area contributed by atoms with Gasteiger partial charge in [-0.3, -0.25) is 4.79 Å². The van der Waals surface area contributed by atoms with E-state index in [-0.39, 0.29) is 12.5 Å². The Labute approximate surface area is 142 Å². The van der Waals surface area contributed by atoms with Gasteiger partial charge in [0, 0.05) is 23.5 Å². The smallest absolute Gasteiger partial charge is 0.277 e. The Morgan fingerprint density at radius 3 is 2.50 bits per heavy atom. The van der Waals surface area contributed by atoms with Crippen molar-refractivity contribution in [2.24, 2.45) is 5.10 Å². The number of amides is 1. The molecule has 0 aliphatic carbocycles. The van der Waals surface area contributed by atoms with Gasteiger partial charge in [-0.05, 0) is 51.1 Å². The van der Waals surface area contributed by atoms with E-state index in [2.05, 4.69) is 28.9 Å². The van der Waals surface area contributed by atoms with Crippen molar-refractivity contribution in [2.75, 3.05) is 13.7 Å². The third-order valence-corrected chi connectivity index (χ3v) is 3.75. The molecule has 1 aromatic carbocycles. The maximum Gasteiger partial charge on any atom is 0.277 e. The van der Waals surface area contributed by atoms with Crippen LogP contribution >= 0.6 is 0 Å². The van der Waals surface area contributed by atoms with E-state index in [0.717, 1.165) is 23.6 Å². The number of hydrogen-bond acceptors (Lipinski definition) is 4. The van der Waals surface area contributed by atoms with Crippen molar-refractivity contribution in [3.63, 3.8) is 0 Å². The summed E-state index contributed by atoms with van der Waals surface area (Å²) < 4.78 is 12.6. The Balaban J connectivity index is 1.84. The second kappa shape index (κ2) is 8.19. The van der Waals surface area contributed by atoms with Crippen molar-refractivity contribution >= 4 is 12.1 Å². The second-order valence-electron chi connectivity index (χ2n) is 5.33. The van der Waals surface area contributed by atoms with Gasteiger partial charge in [-0.25, -0.2) is 5.43 Å². The molecular weight excluding hydrogens is 306 g/mol. The summed E-state index contributed by atoms with van der Waals surface area (Å²) in [4.78, 5) is 11.8. The van der Waals surface area contributed by atoms with Crippen LogP contribution in [0.2, 0.25) is 0 Å². The zero-order chi connectivity index (χ0) is 17.5. The second-order valence-corrected chi connectivity index (χ2v) is 5.33. The van der Waals surface area contributed by atoms with Crippen LogP contribution in [0.25, 0.3) is 0 Å². The van der Waals surface area contributed by atoms with E-state index < -0.39 is 0 Å². The molecule has 2 aromatic rings. The van der Waals surface area contributed by atoms with Crippen molar-refractivity contribution < 1.29 is 14.3 Å². The molecule has 1 amide bonds. The summed E-state index contributed by atoms with van der Waals surface area (Å²) in [6.45, 7) is 6.99. The van der Waals surface area contributed by atoms with Crippen LogP contribution in [0.5, 0.6) is 11.5 Å². The first-order valence-corrected chi connectivity index (χ1v) is 7.80. The highest BCUT2D eigenvalue weighted by Crippen LogP contribution is 2.16. The third kappa shape index (κ3) is 4.38. The van der Waals surface area contributed by atoms with E-state index in [1.54, 1.807) is 37.6 Å². The maximum atomic E-state index is 11.8. The van der Waals surface area contributed by atoms with Crippen LogP contribution < -0.4 is 14.9 Å². The first kappa shape index (κ1) is 17.6. The average Bonchev–Trinajstić information content (AvgIpc) is 2.86. The van der Waals surface area contributed by atoms with Gasteiger partial charge in [0.15, 0.2) is 6.61 Å². The normalized spacial score (nSPS) is 10.8. The van der Waals surface area contributed by atoms with Gasteiger partial charge >= 0.3 is 0 Å². The number of methoxy groups -OCH3 is 1. The minimum Gasteiger partial charge on any atom is -0.497 e. The molecule has 0 unspecified atom stereocenters. The molecule has 1 heterocycles. The lowest BCUT2D eigenvalue weighted by Crippen LogP contribution is -2.24. The molecule has 0 saturated carbocycles. The molecule has 128 valence electrons. The lowest BCUT2D eigenvalue weighted by molar-refractivity contribution is -0.123. The highest BCUT2D eigenvalue weighted by atomic mass is 16.5. The number of benzene rings is 1. The molecule has 0 atom stereocenters. The van der Waals surface area contributed by atoms with Gasteiger partial charge < -0.3 is 14.0 Å². The zero-order valence-electron chi connectivity index (χ0n) is 14.5. The van der Waals surface area contributed by atoms with E-state index in [1.165, 1.54) is 5.69 Å². The Hall–Kier alpha value is -2.76. The van der Waals surface area contributed by atoms with Gasteiger partial charge in [0.1, 0.15) is 11.5 Å². The van der Waals surface area contributed by atoms with Gasteiger partial charge in [0.2, 0.25) is 0 Å². The van der Waals surface area contributed by atoms with Crippen LogP contribution in [-0.2, 0) is 11.3 Å². The van der Waals surface area contributed by atoms with E-state index in [1.807, 2.05) is 13.0 Å². The molecule has 0 aliphatic rings. The predicted molar refractivity (Wildman–Crippen MR) is 93.8 cm³/mol. The molecule has 0 spiro atoms. The Morgan fingerprint density at radius 2 is 1.92 bits per heavy atom. The first-order chi connectivity index (χ1) is 11.5. The highest BCUT2D eigenvalue weighted by molar-refractivity contribution is 5.84. The number of rotatable bonds is 7. The van der Waals surface area contributed by atoms with Crippen LogP contribution in [-0.4, -0.2) is 30.4 Å². The van der Waals surface area contributed by atoms with E-state index in [4.69, 9.17) is 9.47 Å². The molecule has 2 rings (SSSR count). The molecule has 6 nitrogen and oxygen atoms in total. The molecule has 0 fully saturated rings. The standard InChI is InChI=1S/C18H23N3O3/c1-5-21-13(2)10-15(14(21)3)11-19-20-18(22)12-24-17-8-6-16(23-4)7-9-17/h6-11H,5,12H2,1-4H3,(H,20,22)/b19-11+. The molecular formula is C18H23N3O3. The quantitative estimate of drug-likeness (QED) is 0.627. The van der Waals surface area contributed by atoms with Crippen molar-refractivity contribution in [3.8, 4) is 11.5 Å². The van der Waals surface area contributed by atoms with Crippen LogP contribution in [0.3, 0.4) is 0 Å². The third-order valence-electron chi connectivity index (χ3n) is 3.75. The monoisotopic (exact) mass is 329 g/mol. The van der Waals surface area contributed by atoms with Crippen LogP contribution in [0, 0.1) is 13.8 Å². The maximum absolute atomic E-state index is 11.8. The molecule has 24 heavy (non-hydrogen) atoms. The number of aryl methyl sites for hydroxylation is 1. The summed E-state index contributed by atoms with van der Waals surface area (Å²) in [7, 11) is 1.60. The predicted octanol–water partition coefficient (Wildman–Crippen LogP) is 2.66. The lowest BCUT2D eigenvalue weighted by atomic mass is 10.3. The number of hydrazone groups is 1. The number of carbonyl (C=O) groups excluding carboxylic acids is 1. The fourth-order valence-corrected chi connectivity index (χ4v) is 2.47. The first-order valence-electron chi connectivity index (χ1n) is 7.80. The minimum absolute atomic E-state index is 0.0996. The molecule has 0 aliphatic heterocycles. The van der Waals surface area contributed by atoms with Crippen LogP contribution in [0.1, 0.15) is 23.9 Å². The van der Waals surface area contributed by atoms with Gasteiger partial charge in [-0.2, -0.15) is 5.10 Å². The fourth-order valence-electron chi connectivity index (χ4n) is 2.47. The zero-order valence-corrected chi connectivity index (χ0v) is 14.5. The van der Waals surface area contributed by atoms with Crippen LogP contribution in [0.4, 0.5) is 0 Å². The molecule has 0 bridgehead atoms. The van der Waals surface area contributed by atoms with Crippen LogP contribution in [0.15, 0.2) is 35.4 Å². The van der Waals surface area contributed by atoms with Crippen molar-refractivity contribution in [1.29, 1.82) is 0 Å². The van der Waals surface area contributed by atoms with E-state index >= 15 is 0 Å². The largest absolute Gasteiger partial charge is 0.497 e. The molecule has 0 radical (unpaired) electrons. The lowest BCUT2D eigenvalue weighted by Gasteiger charge is -2.06. The summed E-state index contributed by atoms with van der Waals surface area (Å²) in [5.74, 6) is 1.02. The molecule has 6 heteroatoms. The minimum atomic E-state index is -0.314. The van der Waals surface area contributed by atoms with Crippen molar-refractivity contribution in [1.82, 2.24) is 9.99 Å². The number of carbonyl (C=O) groups is 1. The Bertz CT molecular complexity index is 718. The Kier molecular flexibility index (Phi) is 6.01. The topological polar surface area (TPSA) is 64.9 Å². The number of ether oxygens (including phenoxy) is 2. The molecule has 1 aromatic heterocycles. The van der Waals surface area contributed by atoms with Gasteiger partial charge in [-0.1, -0.05) is 0 Å². The fraction of sp³-hybridized carbons (Fsp3) is 0.333. The SMILES string of the molecule is CCn1c(C)cc(/C=N/NC(=O)COc2ccc(OC)cc2)c1C. The van der Waals surface area contributed by atoms with E-state index in [0.29, 0.717) is 5.75 Å². The Morgan fingerprint density at radius 1 is 1.25 bits per heavy atom. The average molecular weight is 329 g/mol. The summed E-state index contributed by atoms with van der Waals surface area (Å²) in [6, 6.07) is 9.08. The summed E-state index contributed by atoms with van der Waals surface area (Å²) in [5.41, 5.74) is 5.76. The molecule has 0 saturated heterocycles. The highest BCUT2D eigenvalue weighted by Gasteiger charge is 2.06. The summed E-state index contributed by atoms with van der Waals surface area (Å²) in [5, 5.41) is 3.99. The molecule has 1 N–H and O–H groups in total. The van der Waals surface area contributed by atoms with Gasteiger partial charge in [0.05, 0.1) is 13.3 Å². The number of hydrogen-bond donors (Lipinski definition) is 1. The van der Waals surface area contributed by atoms with E-state index in [9.17, 15) is 4.79 Å². The number of nitrogens with one attached hydrogen (secondary N) is 1. The van der Waals surface area contributed by atoms with Crippen molar-refractivity contribution in [2.45, 2.75) is 27.3 Å². The number of nitrogens with zero attached hydrogens (tertiary/aromatic N) is 2. The van der Waals surface area contributed by atoms with Gasteiger partial charge in [-0.15, -0.1) is 0 Å². The van der Waals surface area contributed by atoms with Gasteiger partial charge in [0.25, 0.3) is 5.91 Å². The number of aromatic nitrogens is 1.